The Morgan fingerprint density at radius 2 is 1.83 bits per heavy atom. The van der Waals surface area contributed by atoms with E-state index in [-0.39, 0.29) is 18.8 Å². The average molecular weight is 282 g/mol. The second-order valence-electron chi connectivity index (χ2n) is 3.42. The number of rotatable bonds is 2. The summed E-state index contributed by atoms with van der Waals surface area (Å²) in [5, 5.41) is 10.3. The van der Waals surface area contributed by atoms with Gasteiger partial charge in [0, 0.05) is 5.56 Å². The molecular weight excluding hydrogens is 275 g/mol. The fourth-order valence-corrected chi connectivity index (χ4v) is 1.67. The standard InChI is InChI=1S/C10H7ClF3NO3/c11-9(15-16)4-3-5(10-17-1-2-18-10)7(13)8(14)6(4)12/h3,10,16H,1-2H2/b15-9+. The van der Waals surface area contributed by atoms with E-state index >= 15 is 0 Å². The molecule has 1 heterocycles. The van der Waals surface area contributed by atoms with Gasteiger partial charge in [-0.25, -0.2) is 13.2 Å². The Hall–Kier alpha value is -1.31. The SMILES string of the molecule is O/N=C(/Cl)c1cc(C2OCCO2)c(F)c(F)c1F. The second-order valence-corrected chi connectivity index (χ2v) is 3.78. The van der Waals surface area contributed by atoms with E-state index in [4.69, 9.17) is 26.3 Å². The smallest absolute Gasteiger partial charge is 0.195 e. The monoisotopic (exact) mass is 281 g/mol. The Morgan fingerprint density at radius 3 is 2.39 bits per heavy atom. The van der Waals surface area contributed by atoms with E-state index in [2.05, 4.69) is 5.16 Å². The maximum Gasteiger partial charge on any atom is 0.195 e. The Morgan fingerprint density at radius 1 is 1.22 bits per heavy atom. The van der Waals surface area contributed by atoms with E-state index in [1.807, 2.05) is 0 Å². The first-order chi connectivity index (χ1) is 8.56. The minimum atomic E-state index is -1.73. The van der Waals surface area contributed by atoms with Crippen LogP contribution in [0.3, 0.4) is 0 Å². The molecule has 0 aliphatic carbocycles. The third kappa shape index (κ3) is 2.16. The molecule has 1 aliphatic rings. The molecule has 1 aliphatic heterocycles. The second kappa shape index (κ2) is 5.13. The molecule has 1 aromatic rings. The van der Waals surface area contributed by atoms with Crippen LogP contribution < -0.4 is 0 Å². The van der Waals surface area contributed by atoms with Gasteiger partial charge in [0.2, 0.25) is 0 Å². The van der Waals surface area contributed by atoms with Crippen molar-refractivity contribution in [3.8, 4) is 0 Å². The highest BCUT2D eigenvalue weighted by Crippen LogP contribution is 2.30. The quantitative estimate of drug-likeness (QED) is 0.392. The Kier molecular flexibility index (Phi) is 3.74. The lowest BCUT2D eigenvalue weighted by molar-refractivity contribution is -0.0469. The zero-order chi connectivity index (χ0) is 13.3. The third-order valence-corrected chi connectivity index (χ3v) is 2.64. The van der Waals surface area contributed by atoms with E-state index in [9.17, 15) is 13.2 Å². The number of ether oxygens (including phenoxy) is 2. The molecule has 18 heavy (non-hydrogen) atoms. The highest BCUT2D eigenvalue weighted by molar-refractivity contribution is 6.69. The lowest BCUT2D eigenvalue weighted by Crippen LogP contribution is -2.10. The van der Waals surface area contributed by atoms with Crippen molar-refractivity contribution in [1.82, 2.24) is 0 Å². The molecule has 0 unspecified atom stereocenters. The van der Waals surface area contributed by atoms with E-state index in [1.165, 1.54) is 0 Å². The zero-order valence-corrected chi connectivity index (χ0v) is 9.55. The number of oxime groups is 1. The van der Waals surface area contributed by atoms with Gasteiger partial charge in [0.1, 0.15) is 0 Å². The van der Waals surface area contributed by atoms with Crippen molar-refractivity contribution in [2.24, 2.45) is 5.16 Å². The van der Waals surface area contributed by atoms with E-state index in [1.54, 1.807) is 0 Å². The van der Waals surface area contributed by atoms with Gasteiger partial charge in [-0.05, 0) is 6.07 Å². The summed E-state index contributed by atoms with van der Waals surface area (Å²) < 4.78 is 50.3. The summed E-state index contributed by atoms with van der Waals surface area (Å²) in [6, 6.07) is 0.881. The van der Waals surface area contributed by atoms with E-state index in [0.29, 0.717) is 0 Å². The van der Waals surface area contributed by atoms with Crippen LogP contribution in [0.15, 0.2) is 11.2 Å². The fraction of sp³-hybridized carbons (Fsp3) is 0.300. The molecule has 1 N–H and O–H groups in total. The van der Waals surface area contributed by atoms with Crippen molar-refractivity contribution in [2.75, 3.05) is 13.2 Å². The highest BCUT2D eigenvalue weighted by atomic mass is 35.5. The molecule has 98 valence electrons. The van der Waals surface area contributed by atoms with Gasteiger partial charge in [-0.1, -0.05) is 16.8 Å². The Balaban J connectivity index is 2.56. The van der Waals surface area contributed by atoms with Crippen molar-refractivity contribution in [2.45, 2.75) is 6.29 Å². The van der Waals surface area contributed by atoms with Gasteiger partial charge >= 0.3 is 0 Å². The summed E-state index contributed by atoms with van der Waals surface area (Å²) >= 11 is 5.39. The Labute approximate surface area is 105 Å². The molecule has 0 spiro atoms. The topological polar surface area (TPSA) is 51.1 Å². The minimum absolute atomic E-state index is 0.209. The van der Waals surface area contributed by atoms with Gasteiger partial charge in [0.15, 0.2) is 28.9 Å². The van der Waals surface area contributed by atoms with Gasteiger partial charge in [0.05, 0.1) is 18.8 Å². The number of halogens is 4. The van der Waals surface area contributed by atoms with Crippen LogP contribution in [-0.4, -0.2) is 23.6 Å². The van der Waals surface area contributed by atoms with Crippen molar-refractivity contribution >= 4 is 16.8 Å². The Bertz CT molecular complexity index is 504. The summed E-state index contributed by atoms with van der Waals surface area (Å²) in [5.74, 6) is -4.70. The van der Waals surface area contributed by atoms with Crippen LogP contribution in [0.4, 0.5) is 13.2 Å². The van der Waals surface area contributed by atoms with Crippen LogP contribution in [-0.2, 0) is 9.47 Å². The van der Waals surface area contributed by atoms with Crippen molar-refractivity contribution in [1.29, 1.82) is 0 Å². The molecule has 0 amide bonds. The maximum absolute atomic E-state index is 13.5. The van der Waals surface area contributed by atoms with Gasteiger partial charge in [-0.2, -0.15) is 0 Å². The van der Waals surface area contributed by atoms with Crippen molar-refractivity contribution in [3.63, 3.8) is 0 Å². The molecule has 2 rings (SSSR count). The van der Waals surface area contributed by atoms with Crippen LogP contribution in [0, 0.1) is 17.5 Å². The summed E-state index contributed by atoms with van der Waals surface area (Å²) in [5.41, 5.74) is -0.921. The molecule has 0 radical (unpaired) electrons. The average Bonchev–Trinajstić information content (AvgIpc) is 2.89. The third-order valence-electron chi connectivity index (χ3n) is 2.36. The van der Waals surface area contributed by atoms with Crippen LogP contribution in [0.2, 0.25) is 0 Å². The van der Waals surface area contributed by atoms with Crippen LogP contribution in [0.25, 0.3) is 0 Å². The molecule has 0 saturated carbocycles. The molecule has 0 atom stereocenters. The number of benzene rings is 1. The molecule has 0 aromatic heterocycles. The predicted octanol–water partition coefficient (Wildman–Crippen LogP) is 2.52. The first kappa shape index (κ1) is 13.1. The minimum Gasteiger partial charge on any atom is -0.410 e. The molecular formula is C10H7ClF3NO3. The lowest BCUT2D eigenvalue weighted by atomic mass is 10.1. The normalized spacial score (nSPS) is 17.4. The van der Waals surface area contributed by atoms with Gasteiger partial charge < -0.3 is 14.7 Å². The summed E-state index contributed by atoms with van der Waals surface area (Å²) in [6.45, 7) is 0.417. The number of hydrogen-bond donors (Lipinski definition) is 1. The largest absolute Gasteiger partial charge is 0.410 e. The van der Waals surface area contributed by atoms with Crippen LogP contribution in [0.1, 0.15) is 17.4 Å². The zero-order valence-electron chi connectivity index (χ0n) is 8.79. The van der Waals surface area contributed by atoms with Crippen LogP contribution >= 0.6 is 11.6 Å². The van der Waals surface area contributed by atoms with Crippen LogP contribution in [0.5, 0.6) is 0 Å². The number of nitrogens with zero attached hydrogens (tertiary/aromatic N) is 1. The highest BCUT2D eigenvalue weighted by Gasteiger charge is 2.28. The van der Waals surface area contributed by atoms with Crippen molar-refractivity contribution < 1.29 is 27.9 Å². The van der Waals surface area contributed by atoms with Gasteiger partial charge in [-0.3, -0.25) is 0 Å². The number of hydrogen-bond acceptors (Lipinski definition) is 4. The maximum atomic E-state index is 13.5. The summed E-state index contributed by atoms with van der Waals surface area (Å²) in [7, 11) is 0. The molecule has 1 aromatic carbocycles. The van der Waals surface area contributed by atoms with Crippen molar-refractivity contribution in [3.05, 3.63) is 34.6 Å². The first-order valence-corrected chi connectivity index (χ1v) is 5.22. The summed E-state index contributed by atoms with van der Waals surface area (Å²) in [4.78, 5) is 0. The molecule has 1 fully saturated rings. The predicted molar refractivity (Wildman–Crippen MR) is 55.1 cm³/mol. The fourth-order valence-electron chi connectivity index (χ4n) is 1.54. The summed E-state index contributed by atoms with van der Waals surface area (Å²) in [6.07, 6.45) is -1.14. The molecule has 4 nitrogen and oxygen atoms in total. The lowest BCUT2D eigenvalue weighted by Gasteiger charge is -2.13. The molecule has 0 bridgehead atoms. The van der Waals surface area contributed by atoms with Gasteiger partial charge in [0.25, 0.3) is 0 Å². The van der Waals surface area contributed by atoms with Gasteiger partial charge in [-0.15, -0.1) is 0 Å². The first-order valence-electron chi connectivity index (χ1n) is 4.84. The molecule has 8 heteroatoms. The molecule has 1 saturated heterocycles. The van der Waals surface area contributed by atoms with E-state index < -0.39 is 34.5 Å². The van der Waals surface area contributed by atoms with E-state index in [0.717, 1.165) is 6.07 Å².